The van der Waals surface area contributed by atoms with Crippen LogP contribution in [0.5, 0.6) is 0 Å². The number of rotatable bonds is 3. The quantitative estimate of drug-likeness (QED) is 0.696. The highest BCUT2D eigenvalue weighted by Crippen LogP contribution is 2.22. The molecule has 114 valence electrons. The molecule has 1 saturated heterocycles. The standard InChI is InChI=1S/C13H23N3O4/c1-13(2,3)9(11(18)19)15-10(17)8-5-4-6-16(7-8)12(14)20/h8-9H,4-7H2,1-3H3,(H2,14,20)(H,15,17)(H,18,19)/t8?,9-/m1/s1. The maximum atomic E-state index is 12.2. The van der Waals surface area contributed by atoms with Crippen LogP contribution in [-0.4, -0.2) is 47.0 Å². The van der Waals surface area contributed by atoms with E-state index in [0.717, 1.165) is 0 Å². The van der Waals surface area contributed by atoms with Gasteiger partial charge in [-0.05, 0) is 18.3 Å². The zero-order valence-corrected chi connectivity index (χ0v) is 12.2. The maximum Gasteiger partial charge on any atom is 0.326 e. The molecule has 0 spiro atoms. The van der Waals surface area contributed by atoms with Crippen LogP contribution in [0.2, 0.25) is 0 Å². The summed E-state index contributed by atoms with van der Waals surface area (Å²) in [5.41, 5.74) is 4.63. The molecule has 1 unspecified atom stereocenters. The zero-order chi connectivity index (χ0) is 15.5. The minimum absolute atomic E-state index is 0.248. The smallest absolute Gasteiger partial charge is 0.326 e. The summed E-state index contributed by atoms with van der Waals surface area (Å²) in [5, 5.41) is 11.8. The van der Waals surface area contributed by atoms with E-state index < -0.39 is 29.4 Å². The first kappa shape index (κ1) is 16.3. The number of carbonyl (C=O) groups is 3. The molecule has 0 aliphatic carbocycles. The second-order valence-corrected chi connectivity index (χ2v) is 6.27. The van der Waals surface area contributed by atoms with Gasteiger partial charge in [0.05, 0.1) is 5.92 Å². The van der Waals surface area contributed by atoms with Gasteiger partial charge in [-0.2, -0.15) is 0 Å². The fourth-order valence-electron chi connectivity index (χ4n) is 2.30. The van der Waals surface area contributed by atoms with E-state index in [9.17, 15) is 19.5 Å². The average molecular weight is 285 g/mol. The van der Waals surface area contributed by atoms with Gasteiger partial charge in [-0.15, -0.1) is 0 Å². The number of nitrogens with zero attached hydrogens (tertiary/aromatic N) is 1. The van der Waals surface area contributed by atoms with Crippen molar-refractivity contribution in [3.05, 3.63) is 0 Å². The Labute approximate surface area is 118 Å². The average Bonchev–Trinajstić information content (AvgIpc) is 2.33. The van der Waals surface area contributed by atoms with Crippen LogP contribution in [0.1, 0.15) is 33.6 Å². The topological polar surface area (TPSA) is 113 Å². The Balaban J connectivity index is 2.70. The summed E-state index contributed by atoms with van der Waals surface area (Å²) >= 11 is 0. The molecular formula is C13H23N3O4. The lowest BCUT2D eigenvalue weighted by atomic mass is 9.86. The lowest BCUT2D eigenvalue weighted by Gasteiger charge is -2.33. The van der Waals surface area contributed by atoms with Crippen molar-refractivity contribution in [2.45, 2.75) is 39.7 Å². The van der Waals surface area contributed by atoms with E-state index in [-0.39, 0.29) is 12.5 Å². The highest BCUT2D eigenvalue weighted by Gasteiger charge is 2.35. The van der Waals surface area contributed by atoms with E-state index in [0.29, 0.717) is 19.4 Å². The Hall–Kier alpha value is -1.79. The fourth-order valence-corrected chi connectivity index (χ4v) is 2.30. The van der Waals surface area contributed by atoms with E-state index in [1.807, 2.05) is 0 Å². The number of primary amides is 1. The summed E-state index contributed by atoms with van der Waals surface area (Å²) in [5.74, 6) is -1.80. The first-order valence-corrected chi connectivity index (χ1v) is 6.70. The van der Waals surface area contributed by atoms with Crippen LogP contribution in [0.15, 0.2) is 0 Å². The van der Waals surface area contributed by atoms with Crippen LogP contribution in [0.3, 0.4) is 0 Å². The lowest BCUT2D eigenvalue weighted by Crippen LogP contribution is -2.53. The Morgan fingerprint density at radius 1 is 1.35 bits per heavy atom. The molecule has 7 nitrogen and oxygen atoms in total. The van der Waals surface area contributed by atoms with Crippen LogP contribution < -0.4 is 11.1 Å². The van der Waals surface area contributed by atoms with Crippen molar-refractivity contribution in [1.82, 2.24) is 10.2 Å². The van der Waals surface area contributed by atoms with Crippen LogP contribution in [0, 0.1) is 11.3 Å². The van der Waals surface area contributed by atoms with E-state index >= 15 is 0 Å². The molecule has 0 radical (unpaired) electrons. The largest absolute Gasteiger partial charge is 0.480 e. The summed E-state index contributed by atoms with van der Waals surface area (Å²) in [6.07, 6.45) is 1.32. The second-order valence-electron chi connectivity index (χ2n) is 6.27. The fraction of sp³-hybridized carbons (Fsp3) is 0.769. The molecule has 0 saturated carbocycles. The van der Waals surface area contributed by atoms with E-state index in [4.69, 9.17) is 5.73 Å². The number of carbonyl (C=O) groups excluding carboxylic acids is 2. The number of amides is 3. The molecule has 7 heteroatoms. The zero-order valence-electron chi connectivity index (χ0n) is 12.2. The second kappa shape index (κ2) is 6.11. The number of hydrogen-bond donors (Lipinski definition) is 3. The number of carboxylic acid groups (broad SMARTS) is 1. The Bertz CT molecular complexity index is 403. The monoisotopic (exact) mass is 285 g/mol. The minimum atomic E-state index is -1.06. The van der Waals surface area contributed by atoms with Crippen molar-refractivity contribution in [1.29, 1.82) is 0 Å². The number of nitrogens with two attached hydrogens (primary N) is 1. The van der Waals surface area contributed by atoms with Crippen LogP contribution in [0.25, 0.3) is 0 Å². The van der Waals surface area contributed by atoms with Gasteiger partial charge in [-0.25, -0.2) is 9.59 Å². The Kier molecular flexibility index (Phi) is 4.97. The molecule has 1 heterocycles. The third-order valence-corrected chi connectivity index (χ3v) is 3.50. The number of carboxylic acids is 1. The van der Waals surface area contributed by atoms with Crippen molar-refractivity contribution >= 4 is 17.9 Å². The Morgan fingerprint density at radius 3 is 2.40 bits per heavy atom. The van der Waals surface area contributed by atoms with Crippen molar-refractivity contribution < 1.29 is 19.5 Å². The number of nitrogens with one attached hydrogen (secondary N) is 1. The van der Waals surface area contributed by atoms with E-state index in [1.54, 1.807) is 20.8 Å². The molecule has 3 amide bonds. The third-order valence-electron chi connectivity index (χ3n) is 3.50. The highest BCUT2D eigenvalue weighted by molar-refractivity contribution is 5.86. The van der Waals surface area contributed by atoms with Gasteiger partial charge in [0.15, 0.2) is 0 Å². The Morgan fingerprint density at radius 2 is 1.95 bits per heavy atom. The van der Waals surface area contributed by atoms with Gasteiger partial charge in [-0.1, -0.05) is 20.8 Å². The summed E-state index contributed by atoms with van der Waals surface area (Å²) in [4.78, 5) is 36.0. The number of aliphatic carboxylic acids is 1. The predicted molar refractivity (Wildman–Crippen MR) is 72.9 cm³/mol. The summed E-state index contributed by atoms with van der Waals surface area (Å²) < 4.78 is 0. The van der Waals surface area contributed by atoms with Gasteiger partial charge >= 0.3 is 12.0 Å². The molecule has 0 aromatic heterocycles. The van der Waals surface area contributed by atoms with E-state index in [1.165, 1.54) is 4.90 Å². The molecule has 1 rings (SSSR count). The van der Waals surface area contributed by atoms with Gasteiger partial charge < -0.3 is 21.1 Å². The van der Waals surface area contributed by atoms with Gasteiger partial charge in [0, 0.05) is 13.1 Å². The molecule has 1 aliphatic rings. The minimum Gasteiger partial charge on any atom is -0.480 e. The third kappa shape index (κ3) is 4.11. The normalized spacial score (nSPS) is 21.1. The first-order chi connectivity index (χ1) is 9.12. The molecular weight excluding hydrogens is 262 g/mol. The molecule has 0 aromatic carbocycles. The number of hydrogen-bond acceptors (Lipinski definition) is 3. The molecule has 4 N–H and O–H groups in total. The van der Waals surface area contributed by atoms with Crippen molar-refractivity contribution in [3.8, 4) is 0 Å². The van der Waals surface area contributed by atoms with E-state index in [2.05, 4.69) is 5.32 Å². The first-order valence-electron chi connectivity index (χ1n) is 6.70. The highest BCUT2D eigenvalue weighted by atomic mass is 16.4. The molecule has 2 atom stereocenters. The maximum absolute atomic E-state index is 12.2. The molecule has 0 bridgehead atoms. The van der Waals surface area contributed by atoms with Gasteiger partial charge in [0.25, 0.3) is 0 Å². The molecule has 1 aliphatic heterocycles. The van der Waals surface area contributed by atoms with Gasteiger partial charge in [0.2, 0.25) is 5.91 Å². The van der Waals surface area contributed by atoms with Crippen molar-refractivity contribution in [3.63, 3.8) is 0 Å². The summed E-state index contributed by atoms with van der Waals surface area (Å²) in [6, 6.07) is -1.51. The lowest BCUT2D eigenvalue weighted by molar-refractivity contribution is -0.145. The summed E-state index contributed by atoms with van der Waals surface area (Å²) in [6.45, 7) is 6.05. The SMILES string of the molecule is CC(C)(C)[C@H](NC(=O)C1CCCN(C(N)=O)C1)C(=O)O. The number of piperidine rings is 1. The van der Waals surface area contributed by atoms with Gasteiger partial charge in [-0.3, -0.25) is 4.79 Å². The molecule has 1 fully saturated rings. The van der Waals surface area contributed by atoms with Crippen molar-refractivity contribution in [2.75, 3.05) is 13.1 Å². The number of urea groups is 1. The predicted octanol–water partition coefficient (Wildman–Crippen LogP) is 0.393. The van der Waals surface area contributed by atoms with Gasteiger partial charge in [0.1, 0.15) is 6.04 Å². The van der Waals surface area contributed by atoms with Crippen molar-refractivity contribution in [2.24, 2.45) is 17.1 Å². The number of likely N-dealkylation sites (tertiary alicyclic amines) is 1. The molecule has 20 heavy (non-hydrogen) atoms. The molecule has 0 aromatic rings. The van der Waals surface area contributed by atoms with Crippen LogP contribution >= 0.6 is 0 Å². The summed E-state index contributed by atoms with van der Waals surface area (Å²) in [7, 11) is 0. The van der Waals surface area contributed by atoms with Crippen LogP contribution in [0.4, 0.5) is 4.79 Å². The van der Waals surface area contributed by atoms with Crippen LogP contribution in [-0.2, 0) is 9.59 Å².